The molecule has 0 radical (unpaired) electrons. The van der Waals surface area contributed by atoms with Crippen LogP contribution < -0.4 is 5.32 Å². The van der Waals surface area contributed by atoms with Crippen molar-refractivity contribution in [3.63, 3.8) is 0 Å². The first-order valence-electron chi connectivity index (χ1n) is 5.30. The quantitative estimate of drug-likeness (QED) is 0.822. The molecule has 1 N–H and O–H groups in total. The minimum absolute atomic E-state index is 0.0859. The van der Waals surface area contributed by atoms with E-state index in [1.807, 2.05) is 50.3 Å². The number of carbonyl (C=O) groups excluding carboxylic acids is 1. The van der Waals surface area contributed by atoms with E-state index in [4.69, 9.17) is 4.74 Å². The van der Waals surface area contributed by atoms with Gasteiger partial charge in [-0.1, -0.05) is 36.4 Å². The van der Waals surface area contributed by atoms with Crippen molar-refractivity contribution in [1.82, 2.24) is 5.32 Å². The Bertz CT molecular complexity index is 409. The van der Waals surface area contributed by atoms with Crippen LogP contribution in [0.4, 0.5) is 0 Å². The molecule has 1 aromatic rings. The predicted octanol–water partition coefficient (Wildman–Crippen LogP) is 1.95. The van der Waals surface area contributed by atoms with Gasteiger partial charge in [0, 0.05) is 0 Å². The maximum absolute atomic E-state index is 11.5. The fourth-order valence-electron chi connectivity index (χ4n) is 1.66. The minimum Gasteiger partial charge on any atom is -0.339 e. The largest absolute Gasteiger partial charge is 0.339 e. The average molecular weight is 217 g/mol. The Morgan fingerprint density at radius 1 is 1.31 bits per heavy atom. The first-order chi connectivity index (χ1) is 7.57. The van der Waals surface area contributed by atoms with E-state index in [1.54, 1.807) is 6.08 Å². The first-order valence-corrected chi connectivity index (χ1v) is 5.30. The van der Waals surface area contributed by atoms with Gasteiger partial charge < -0.3 is 10.1 Å². The minimum atomic E-state index is -0.567. The van der Waals surface area contributed by atoms with Gasteiger partial charge in [0.05, 0.1) is 0 Å². The second-order valence-electron chi connectivity index (χ2n) is 4.31. The zero-order valence-corrected chi connectivity index (χ0v) is 9.44. The van der Waals surface area contributed by atoms with Gasteiger partial charge in [-0.3, -0.25) is 4.79 Å². The molecule has 16 heavy (non-hydrogen) atoms. The van der Waals surface area contributed by atoms with Gasteiger partial charge in [0.2, 0.25) is 0 Å². The molecule has 1 saturated heterocycles. The van der Waals surface area contributed by atoms with Crippen LogP contribution in [0.2, 0.25) is 0 Å². The topological polar surface area (TPSA) is 38.3 Å². The molecule has 3 heteroatoms. The van der Waals surface area contributed by atoms with E-state index >= 15 is 0 Å². The predicted molar refractivity (Wildman–Crippen MR) is 62.6 cm³/mol. The van der Waals surface area contributed by atoms with Gasteiger partial charge in [0.15, 0.2) is 6.10 Å². The number of benzene rings is 1. The summed E-state index contributed by atoms with van der Waals surface area (Å²) >= 11 is 0. The van der Waals surface area contributed by atoms with E-state index in [1.165, 1.54) is 0 Å². The summed E-state index contributed by atoms with van der Waals surface area (Å²) in [4.78, 5) is 11.5. The van der Waals surface area contributed by atoms with Gasteiger partial charge in [-0.25, -0.2) is 0 Å². The van der Waals surface area contributed by atoms with Gasteiger partial charge >= 0.3 is 0 Å². The molecule has 1 aliphatic rings. The Kier molecular flexibility index (Phi) is 2.79. The third-order valence-electron chi connectivity index (χ3n) is 2.37. The van der Waals surface area contributed by atoms with Crippen LogP contribution in [-0.2, 0) is 9.53 Å². The molecule has 1 unspecified atom stereocenters. The molecule has 0 bridgehead atoms. The fourth-order valence-corrected chi connectivity index (χ4v) is 1.66. The number of hydrogen-bond acceptors (Lipinski definition) is 2. The molecule has 0 saturated carbocycles. The van der Waals surface area contributed by atoms with E-state index in [9.17, 15) is 4.79 Å². The molecule has 1 aromatic carbocycles. The molecule has 0 aliphatic carbocycles. The van der Waals surface area contributed by atoms with Crippen molar-refractivity contribution in [2.75, 3.05) is 0 Å². The van der Waals surface area contributed by atoms with Crippen molar-refractivity contribution < 1.29 is 9.53 Å². The highest BCUT2D eigenvalue weighted by atomic mass is 16.5. The summed E-state index contributed by atoms with van der Waals surface area (Å²) in [6.45, 7) is 3.67. The second kappa shape index (κ2) is 4.10. The van der Waals surface area contributed by atoms with Gasteiger partial charge in [0.25, 0.3) is 5.91 Å². The van der Waals surface area contributed by atoms with Crippen molar-refractivity contribution in [1.29, 1.82) is 0 Å². The van der Waals surface area contributed by atoms with Gasteiger partial charge in [-0.05, 0) is 25.5 Å². The maximum atomic E-state index is 11.5. The molecule has 0 spiro atoms. The molecule has 1 fully saturated rings. The smallest absolute Gasteiger partial charge is 0.255 e. The van der Waals surface area contributed by atoms with Gasteiger partial charge in [-0.2, -0.15) is 0 Å². The second-order valence-corrected chi connectivity index (χ2v) is 4.31. The van der Waals surface area contributed by atoms with Crippen LogP contribution in [0.5, 0.6) is 0 Å². The molecular weight excluding hydrogens is 202 g/mol. The highest BCUT2D eigenvalue weighted by Gasteiger charge is 2.36. The van der Waals surface area contributed by atoms with Crippen LogP contribution >= 0.6 is 0 Å². The SMILES string of the molecule is CC1(C)NC(=O)C(C=Cc2ccccc2)O1. The van der Waals surface area contributed by atoms with Crippen molar-refractivity contribution in [2.24, 2.45) is 0 Å². The Labute approximate surface area is 95.1 Å². The fraction of sp³-hybridized carbons (Fsp3) is 0.308. The van der Waals surface area contributed by atoms with Gasteiger partial charge in [-0.15, -0.1) is 0 Å². The normalized spacial score (nSPS) is 23.6. The standard InChI is InChI=1S/C13H15NO2/c1-13(2)14-12(15)11(16-13)9-8-10-6-4-3-5-7-10/h3-9,11H,1-2H3,(H,14,15). The third kappa shape index (κ3) is 2.49. The summed E-state index contributed by atoms with van der Waals surface area (Å²) < 4.78 is 5.54. The van der Waals surface area contributed by atoms with E-state index in [2.05, 4.69) is 5.32 Å². The van der Waals surface area contributed by atoms with Crippen LogP contribution in [0.1, 0.15) is 19.4 Å². The number of carbonyl (C=O) groups is 1. The van der Waals surface area contributed by atoms with Crippen LogP contribution in [-0.4, -0.2) is 17.7 Å². The lowest BCUT2D eigenvalue weighted by Crippen LogP contribution is -2.35. The van der Waals surface area contributed by atoms with Gasteiger partial charge in [0.1, 0.15) is 5.72 Å². The van der Waals surface area contributed by atoms with Crippen LogP contribution in [0.25, 0.3) is 6.08 Å². The number of rotatable bonds is 2. The summed E-state index contributed by atoms with van der Waals surface area (Å²) in [6.07, 6.45) is 3.18. The van der Waals surface area contributed by atoms with Crippen LogP contribution in [0.3, 0.4) is 0 Å². The van der Waals surface area contributed by atoms with Crippen LogP contribution in [0.15, 0.2) is 36.4 Å². The van der Waals surface area contributed by atoms with Crippen molar-refractivity contribution in [3.8, 4) is 0 Å². The van der Waals surface area contributed by atoms with E-state index in [0.717, 1.165) is 5.56 Å². The van der Waals surface area contributed by atoms with E-state index in [0.29, 0.717) is 0 Å². The van der Waals surface area contributed by atoms with Crippen molar-refractivity contribution in [3.05, 3.63) is 42.0 Å². The zero-order chi connectivity index (χ0) is 11.6. The Morgan fingerprint density at radius 2 is 2.00 bits per heavy atom. The zero-order valence-electron chi connectivity index (χ0n) is 9.44. The molecule has 1 heterocycles. The third-order valence-corrected chi connectivity index (χ3v) is 2.37. The summed E-state index contributed by atoms with van der Waals surface area (Å²) in [5, 5.41) is 2.77. The molecule has 1 atom stereocenters. The summed E-state index contributed by atoms with van der Waals surface area (Å²) in [7, 11) is 0. The molecule has 84 valence electrons. The number of hydrogen-bond donors (Lipinski definition) is 1. The highest BCUT2D eigenvalue weighted by molar-refractivity contribution is 5.86. The van der Waals surface area contributed by atoms with E-state index < -0.39 is 11.8 Å². The molecule has 3 nitrogen and oxygen atoms in total. The monoisotopic (exact) mass is 217 g/mol. The summed E-state index contributed by atoms with van der Waals surface area (Å²) in [6, 6.07) is 9.83. The molecule has 1 amide bonds. The number of amides is 1. The number of ether oxygens (including phenoxy) is 1. The number of nitrogens with one attached hydrogen (secondary N) is 1. The summed E-state index contributed by atoms with van der Waals surface area (Å²) in [5.74, 6) is -0.0859. The lowest BCUT2D eigenvalue weighted by molar-refractivity contribution is -0.121. The Hall–Kier alpha value is -1.61. The van der Waals surface area contributed by atoms with E-state index in [-0.39, 0.29) is 5.91 Å². The highest BCUT2D eigenvalue weighted by Crippen LogP contribution is 2.18. The molecular formula is C13H15NO2. The molecule has 0 aromatic heterocycles. The molecule has 1 aliphatic heterocycles. The molecule has 2 rings (SSSR count). The summed E-state index contributed by atoms with van der Waals surface area (Å²) in [5.41, 5.74) is 0.492. The first kappa shape index (κ1) is 10.9. The lowest BCUT2D eigenvalue weighted by Gasteiger charge is -2.16. The van der Waals surface area contributed by atoms with Crippen molar-refractivity contribution in [2.45, 2.75) is 25.7 Å². The average Bonchev–Trinajstić information content (AvgIpc) is 2.50. The maximum Gasteiger partial charge on any atom is 0.255 e. The lowest BCUT2D eigenvalue weighted by atomic mass is 10.2. The van der Waals surface area contributed by atoms with Crippen LogP contribution in [0, 0.1) is 0 Å². The Balaban J connectivity index is 2.06. The Morgan fingerprint density at radius 3 is 2.56 bits per heavy atom. The van der Waals surface area contributed by atoms with Crippen molar-refractivity contribution >= 4 is 12.0 Å².